The van der Waals surface area contributed by atoms with Crippen LogP contribution < -0.4 is 10.1 Å². The van der Waals surface area contributed by atoms with Crippen LogP contribution in [0.1, 0.15) is 25.5 Å². The van der Waals surface area contributed by atoms with Crippen molar-refractivity contribution in [3.63, 3.8) is 0 Å². The Hall–Kier alpha value is -1.88. The Kier molecular flexibility index (Phi) is 5.33. The second-order valence-electron chi connectivity index (χ2n) is 4.73. The monoisotopic (exact) mass is 348 g/mol. The first kappa shape index (κ1) is 15.5. The SMILES string of the molecule is C[C@@H](Oc1cccc(Br)c1)C(=O)N[C@H](C)c1cccnc1. The zero-order valence-electron chi connectivity index (χ0n) is 11.9. The highest BCUT2D eigenvalue weighted by atomic mass is 79.9. The van der Waals surface area contributed by atoms with Crippen LogP contribution in [0, 0.1) is 0 Å². The van der Waals surface area contributed by atoms with E-state index < -0.39 is 6.10 Å². The summed E-state index contributed by atoms with van der Waals surface area (Å²) in [6, 6.07) is 11.1. The Balaban J connectivity index is 1.94. The van der Waals surface area contributed by atoms with Gasteiger partial charge in [-0.3, -0.25) is 9.78 Å². The summed E-state index contributed by atoms with van der Waals surface area (Å²) in [5.74, 6) is 0.493. The predicted octanol–water partition coefficient (Wildman–Crippen LogP) is 3.49. The average molecular weight is 349 g/mol. The molecule has 0 bridgehead atoms. The summed E-state index contributed by atoms with van der Waals surface area (Å²) in [5, 5.41) is 2.92. The van der Waals surface area contributed by atoms with E-state index in [2.05, 4.69) is 26.2 Å². The summed E-state index contributed by atoms with van der Waals surface area (Å²) in [6.07, 6.45) is 2.88. The molecule has 21 heavy (non-hydrogen) atoms. The lowest BCUT2D eigenvalue weighted by Gasteiger charge is -2.18. The number of hydrogen-bond donors (Lipinski definition) is 1. The molecule has 0 saturated carbocycles. The number of aromatic nitrogens is 1. The molecule has 0 aliphatic carbocycles. The summed E-state index contributed by atoms with van der Waals surface area (Å²) < 4.78 is 6.55. The Labute approximate surface area is 132 Å². The van der Waals surface area contributed by atoms with Gasteiger partial charge in [-0.1, -0.05) is 28.1 Å². The minimum absolute atomic E-state index is 0.111. The first-order valence-corrected chi connectivity index (χ1v) is 7.48. The van der Waals surface area contributed by atoms with E-state index in [0.717, 1.165) is 10.0 Å². The number of benzene rings is 1. The molecule has 2 aromatic rings. The number of carbonyl (C=O) groups excluding carboxylic acids is 1. The standard InChI is InChI=1S/C16H17BrN2O2/c1-11(13-5-4-8-18-10-13)19-16(20)12(2)21-15-7-3-6-14(17)9-15/h3-12H,1-2H3,(H,19,20)/t11-,12-/m1/s1. The number of pyridine rings is 1. The van der Waals surface area contributed by atoms with E-state index in [-0.39, 0.29) is 11.9 Å². The van der Waals surface area contributed by atoms with Gasteiger partial charge in [0.15, 0.2) is 6.10 Å². The molecule has 1 N–H and O–H groups in total. The largest absolute Gasteiger partial charge is 0.481 e. The van der Waals surface area contributed by atoms with Crippen LogP contribution in [0.3, 0.4) is 0 Å². The van der Waals surface area contributed by atoms with Crippen LogP contribution in [0.4, 0.5) is 0 Å². The van der Waals surface area contributed by atoms with Crippen molar-refractivity contribution in [2.45, 2.75) is 26.0 Å². The molecule has 1 aromatic carbocycles. The maximum Gasteiger partial charge on any atom is 0.261 e. The quantitative estimate of drug-likeness (QED) is 0.899. The zero-order chi connectivity index (χ0) is 15.2. The smallest absolute Gasteiger partial charge is 0.261 e. The van der Waals surface area contributed by atoms with Gasteiger partial charge in [0.1, 0.15) is 5.75 Å². The second kappa shape index (κ2) is 7.22. The van der Waals surface area contributed by atoms with Crippen molar-refractivity contribution in [3.05, 3.63) is 58.8 Å². The predicted molar refractivity (Wildman–Crippen MR) is 85.0 cm³/mol. The molecule has 5 heteroatoms. The van der Waals surface area contributed by atoms with E-state index >= 15 is 0 Å². The molecular formula is C16H17BrN2O2. The summed E-state index contributed by atoms with van der Waals surface area (Å²) in [5.41, 5.74) is 0.959. The molecule has 2 rings (SSSR count). The molecule has 0 fully saturated rings. The molecule has 0 aliphatic rings. The number of carbonyl (C=O) groups is 1. The maximum atomic E-state index is 12.1. The van der Waals surface area contributed by atoms with Crippen LogP contribution in [-0.2, 0) is 4.79 Å². The zero-order valence-corrected chi connectivity index (χ0v) is 13.5. The van der Waals surface area contributed by atoms with Crippen molar-refractivity contribution in [1.82, 2.24) is 10.3 Å². The van der Waals surface area contributed by atoms with Gasteiger partial charge in [0.05, 0.1) is 6.04 Å². The summed E-state index contributed by atoms with van der Waals surface area (Å²) in [6.45, 7) is 3.65. The van der Waals surface area contributed by atoms with E-state index in [1.54, 1.807) is 19.3 Å². The lowest BCUT2D eigenvalue weighted by atomic mass is 10.1. The van der Waals surface area contributed by atoms with Gasteiger partial charge in [0.2, 0.25) is 0 Å². The highest BCUT2D eigenvalue weighted by molar-refractivity contribution is 9.10. The van der Waals surface area contributed by atoms with Crippen molar-refractivity contribution in [2.24, 2.45) is 0 Å². The minimum Gasteiger partial charge on any atom is -0.481 e. The van der Waals surface area contributed by atoms with E-state index in [1.165, 1.54) is 0 Å². The Bertz CT molecular complexity index is 604. The number of nitrogens with zero attached hydrogens (tertiary/aromatic N) is 1. The van der Waals surface area contributed by atoms with Gasteiger partial charge >= 0.3 is 0 Å². The number of rotatable bonds is 5. The van der Waals surface area contributed by atoms with Gasteiger partial charge < -0.3 is 10.1 Å². The molecule has 4 nitrogen and oxygen atoms in total. The maximum absolute atomic E-state index is 12.1. The van der Waals surface area contributed by atoms with Crippen molar-refractivity contribution in [1.29, 1.82) is 0 Å². The third-order valence-corrected chi connectivity index (χ3v) is 3.51. The van der Waals surface area contributed by atoms with Crippen LogP contribution in [-0.4, -0.2) is 17.0 Å². The van der Waals surface area contributed by atoms with Crippen LogP contribution in [0.5, 0.6) is 5.75 Å². The molecule has 110 valence electrons. The van der Waals surface area contributed by atoms with Gasteiger partial charge in [0, 0.05) is 16.9 Å². The highest BCUT2D eigenvalue weighted by Gasteiger charge is 2.17. The number of amides is 1. The number of ether oxygens (including phenoxy) is 1. The topological polar surface area (TPSA) is 51.2 Å². The number of hydrogen-bond acceptors (Lipinski definition) is 3. The van der Waals surface area contributed by atoms with Crippen LogP contribution >= 0.6 is 15.9 Å². The Morgan fingerprint density at radius 3 is 2.76 bits per heavy atom. The molecule has 1 amide bonds. The highest BCUT2D eigenvalue weighted by Crippen LogP contribution is 2.19. The summed E-state index contributed by atoms with van der Waals surface area (Å²) in [7, 11) is 0. The van der Waals surface area contributed by atoms with Gasteiger partial charge in [-0.15, -0.1) is 0 Å². The Morgan fingerprint density at radius 1 is 1.29 bits per heavy atom. The van der Waals surface area contributed by atoms with E-state index in [4.69, 9.17) is 4.74 Å². The van der Waals surface area contributed by atoms with Crippen molar-refractivity contribution in [2.75, 3.05) is 0 Å². The number of nitrogens with one attached hydrogen (secondary N) is 1. The first-order valence-electron chi connectivity index (χ1n) is 6.69. The molecular weight excluding hydrogens is 332 g/mol. The fourth-order valence-corrected chi connectivity index (χ4v) is 2.22. The van der Waals surface area contributed by atoms with Gasteiger partial charge in [0.25, 0.3) is 5.91 Å². The van der Waals surface area contributed by atoms with Crippen LogP contribution in [0.2, 0.25) is 0 Å². The van der Waals surface area contributed by atoms with E-state index in [9.17, 15) is 4.79 Å². The van der Waals surface area contributed by atoms with Crippen molar-refractivity contribution < 1.29 is 9.53 Å². The second-order valence-corrected chi connectivity index (χ2v) is 5.65. The fraction of sp³-hybridized carbons (Fsp3) is 0.250. The molecule has 1 aromatic heterocycles. The average Bonchev–Trinajstić information content (AvgIpc) is 2.48. The van der Waals surface area contributed by atoms with E-state index in [0.29, 0.717) is 5.75 Å². The van der Waals surface area contributed by atoms with Gasteiger partial charge in [-0.05, 0) is 43.7 Å². The van der Waals surface area contributed by atoms with Crippen molar-refractivity contribution in [3.8, 4) is 5.75 Å². The van der Waals surface area contributed by atoms with E-state index in [1.807, 2.05) is 43.3 Å². The normalized spacial score (nSPS) is 13.3. The molecule has 0 radical (unpaired) electrons. The summed E-state index contributed by atoms with van der Waals surface area (Å²) in [4.78, 5) is 16.2. The molecule has 2 atom stereocenters. The summed E-state index contributed by atoms with van der Waals surface area (Å²) >= 11 is 3.37. The molecule has 1 heterocycles. The molecule has 0 spiro atoms. The molecule has 0 unspecified atom stereocenters. The Morgan fingerprint density at radius 2 is 2.10 bits per heavy atom. The molecule has 0 saturated heterocycles. The number of halogens is 1. The third kappa shape index (κ3) is 4.56. The molecule has 0 aliphatic heterocycles. The minimum atomic E-state index is -0.571. The van der Waals surface area contributed by atoms with Gasteiger partial charge in [-0.25, -0.2) is 0 Å². The first-order chi connectivity index (χ1) is 10.1. The third-order valence-electron chi connectivity index (χ3n) is 3.02. The van der Waals surface area contributed by atoms with Crippen LogP contribution in [0.25, 0.3) is 0 Å². The lowest BCUT2D eigenvalue weighted by molar-refractivity contribution is -0.127. The fourth-order valence-electron chi connectivity index (χ4n) is 1.84. The van der Waals surface area contributed by atoms with Gasteiger partial charge in [-0.2, -0.15) is 0 Å². The van der Waals surface area contributed by atoms with Crippen molar-refractivity contribution >= 4 is 21.8 Å². The lowest BCUT2D eigenvalue weighted by Crippen LogP contribution is -2.37. The van der Waals surface area contributed by atoms with Crippen LogP contribution in [0.15, 0.2) is 53.3 Å².